The molecule has 142 valence electrons. The van der Waals surface area contributed by atoms with Gasteiger partial charge < -0.3 is 14.8 Å². The molecule has 5 heteroatoms. The second kappa shape index (κ2) is 10.2. The van der Waals surface area contributed by atoms with Crippen molar-refractivity contribution in [3.63, 3.8) is 0 Å². The summed E-state index contributed by atoms with van der Waals surface area (Å²) in [6, 6.07) is 14.2. The summed E-state index contributed by atoms with van der Waals surface area (Å²) in [5, 5.41) is 2.75. The monoisotopic (exact) mass is 367 g/mol. The van der Waals surface area contributed by atoms with Crippen molar-refractivity contribution in [2.24, 2.45) is 0 Å². The van der Waals surface area contributed by atoms with Crippen molar-refractivity contribution in [2.45, 2.75) is 33.3 Å². The summed E-state index contributed by atoms with van der Waals surface area (Å²) in [5.41, 5.74) is 1.80. The summed E-state index contributed by atoms with van der Waals surface area (Å²) in [6.07, 6.45) is 4.00. The minimum Gasteiger partial charge on any atom is -0.491 e. The number of benzene rings is 2. The van der Waals surface area contributed by atoms with Gasteiger partial charge in [-0.25, -0.2) is 4.79 Å². The van der Waals surface area contributed by atoms with Crippen LogP contribution in [-0.2, 0) is 9.53 Å². The number of anilines is 1. The first-order valence-electron chi connectivity index (χ1n) is 9.01. The summed E-state index contributed by atoms with van der Waals surface area (Å²) in [5.74, 6) is 0.0700. The van der Waals surface area contributed by atoms with Gasteiger partial charge >= 0.3 is 5.97 Å². The van der Waals surface area contributed by atoms with Crippen LogP contribution >= 0.6 is 0 Å². The maximum atomic E-state index is 12.2. The lowest BCUT2D eigenvalue weighted by molar-refractivity contribution is -0.111. The molecule has 0 aliphatic heterocycles. The second-order valence-electron chi connectivity index (χ2n) is 6.28. The Labute approximate surface area is 160 Å². The Balaban J connectivity index is 1.99. The highest BCUT2D eigenvalue weighted by molar-refractivity contribution is 6.02. The third-order valence-electron chi connectivity index (χ3n) is 3.46. The average molecular weight is 367 g/mol. The highest BCUT2D eigenvalue weighted by Crippen LogP contribution is 2.16. The molecule has 2 aromatic rings. The molecule has 2 aromatic carbocycles. The minimum absolute atomic E-state index is 0.0869. The Hall–Kier alpha value is -3.08. The average Bonchev–Trinajstić information content (AvgIpc) is 2.64. The van der Waals surface area contributed by atoms with E-state index in [-0.39, 0.29) is 12.0 Å². The molecule has 0 aliphatic carbocycles. The van der Waals surface area contributed by atoms with Gasteiger partial charge in [0.25, 0.3) is 0 Å². The zero-order valence-corrected chi connectivity index (χ0v) is 15.9. The fraction of sp³-hybridized carbons (Fsp3) is 0.273. The second-order valence-corrected chi connectivity index (χ2v) is 6.28. The van der Waals surface area contributed by atoms with E-state index in [1.54, 1.807) is 30.3 Å². The summed E-state index contributed by atoms with van der Waals surface area (Å²) in [7, 11) is 0. The maximum absolute atomic E-state index is 12.2. The number of hydrogen-bond acceptors (Lipinski definition) is 4. The predicted octanol–water partition coefficient (Wildman–Crippen LogP) is 4.69. The number of nitrogens with one attached hydrogen (secondary N) is 1. The van der Waals surface area contributed by atoms with Crippen LogP contribution in [0.5, 0.6) is 5.75 Å². The molecule has 0 atom stereocenters. The number of hydrogen-bond donors (Lipinski definition) is 1. The highest BCUT2D eigenvalue weighted by atomic mass is 16.5. The van der Waals surface area contributed by atoms with Crippen molar-refractivity contribution in [3.8, 4) is 5.75 Å². The van der Waals surface area contributed by atoms with Crippen LogP contribution in [0.3, 0.4) is 0 Å². The molecule has 0 bridgehead atoms. The van der Waals surface area contributed by atoms with Gasteiger partial charge in [-0.2, -0.15) is 0 Å². The first kappa shape index (κ1) is 20.2. The molecular formula is C22H25NO4. The first-order chi connectivity index (χ1) is 13.0. The van der Waals surface area contributed by atoms with Crippen LogP contribution in [0, 0.1) is 0 Å². The van der Waals surface area contributed by atoms with Crippen molar-refractivity contribution >= 4 is 23.6 Å². The zero-order chi connectivity index (χ0) is 19.6. The Bertz CT molecular complexity index is 811. The van der Waals surface area contributed by atoms with Gasteiger partial charge in [0.15, 0.2) is 0 Å². The van der Waals surface area contributed by atoms with Gasteiger partial charge in [-0.3, -0.25) is 4.79 Å². The number of esters is 1. The van der Waals surface area contributed by atoms with Crippen molar-refractivity contribution in [2.75, 3.05) is 11.9 Å². The molecule has 1 amide bonds. The summed E-state index contributed by atoms with van der Waals surface area (Å²) in [6.45, 7) is 6.23. The molecule has 0 radical (unpaired) electrons. The lowest BCUT2D eigenvalue weighted by Gasteiger charge is -2.09. The van der Waals surface area contributed by atoms with E-state index in [4.69, 9.17) is 9.47 Å². The standard InChI is InChI=1S/C22H25NO4/c1-4-13-26-22(25)18-8-6-9-19(15-18)23-21(24)12-11-17-7-5-10-20(14-17)27-16(2)3/h5-12,14-16H,4,13H2,1-3H3,(H,23,24)/b12-11+. The van der Waals surface area contributed by atoms with Gasteiger partial charge in [-0.15, -0.1) is 0 Å². The largest absolute Gasteiger partial charge is 0.491 e. The van der Waals surface area contributed by atoms with Crippen molar-refractivity contribution < 1.29 is 19.1 Å². The van der Waals surface area contributed by atoms with Gasteiger partial charge in [0.2, 0.25) is 5.91 Å². The van der Waals surface area contributed by atoms with E-state index in [0.29, 0.717) is 17.9 Å². The maximum Gasteiger partial charge on any atom is 0.338 e. The normalized spacial score (nSPS) is 10.8. The van der Waals surface area contributed by atoms with E-state index < -0.39 is 5.97 Å². The van der Waals surface area contributed by atoms with E-state index >= 15 is 0 Å². The molecule has 0 spiro atoms. The Morgan fingerprint density at radius 3 is 2.63 bits per heavy atom. The molecule has 1 N–H and O–H groups in total. The SMILES string of the molecule is CCCOC(=O)c1cccc(NC(=O)/C=C/c2cccc(OC(C)C)c2)c1. The fourth-order valence-corrected chi connectivity index (χ4v) is 2.32. The molecule has 0 unspecified atom stereocenters. The van der Waals surface area contributed by atoms with Gasteiger partial charge in [0, 0.05) is 11.8 Å². The minimum atomic E-state index is -0.398. The first-order valence-corrected chi connectivity index (χ1v) is 9.01. The third-order valence-corrected chi connectivity index (χ3v) is 3.46. The van der Waals surface area contributed by atoms with E-state index in [0.717, 1.165) is 17.7 Å². The van der Waals surface area contributed by atoms with Crippen LogP contribution in [0.2, 0.25) is 0 Å². The molecule has 0 saturated carbocycles. The lowest BCUT2D eigenvalue weighted by Crippen LogP contribution is -2.10. The van der Waals surface area contributed by atoms with E-state index in [1.807, 2.05) is 45.0 Å². The summed E-state index contributed by atoms with van der Waals surface area (Å²) < 4.78 is 10.7. The lowest BCUT2D eigenvalue weighted by atomic mass is 10.2. The highest BCUT2D eigenvalue weighted by Gasteiger charge is 2.08. The van der Waals surface area contributed by atoms with Crippen LogP contribution in [-0.4, -0.2) is 24.6 Å². The molecule has 0 fully saturated rings. The van der Waals surface area contributed by atoms with Crippen LogP contribution in [0.25, 0.3) is 6.08 Å². The predicted molar refractivity (Wildman–Crippen MR) is 107 cm³/mol. The number of rotatable bonds is 8. The van der Waals surface area contributed by atoms with Gasteiger partial charge in [0.05, 0.1) is 18.3 Å². The Morgan fingerprint density at radius 2 is 1.89 bits per heavy atom. The molecule has 0 aromatic heterocycles. The summed E-state index contributed by atoms with van der Waals surface area (Å²) in [4.78, 5) is 24.1. The topological polar surface area (TPSA) is 64.6 Å². The number of ether oxygens (including phenoxy) is 2. The van der Waals surface area contributed by atoms with Crippen molar-refractivity contribution in [1.82, 2.24) is 0 Å². The van der Waals surface area contributed by atoms with Gasteiger partial charge in [-0.1, -0.05) is 25.1 Å². The van der Waals surface area contributed by atoms with Crippen LogP contribution in [0.4, 0.5) is 5.69 Å². The van der Waals surface area contributed by atoms with Gasteiger partial charge in [0.1, 0.15) is 5.75 Å². The van der Waals surface area contributed by atoms with Crippen LogP contribution in [0.1, 0.15) is 43.1 Å². The van der Waals surface area contributed by atoms with E-state index in [9.17, 15) is 9.59 Å². The molecular weight excluding hydrogens is 342 g/mol. The van der Waals surface area contributed by atoms with E-state index in [2.05, 4.69) is 5.32 Å². The molecule has 27 heavy (non-hydrogen) atoms. The molecule has 0 heterocycles. The van der Waals surface area contributed by atoms with Crippen LogP contribution < -0.4 is 10.1 Å². The number of carbonyl (C=O) groups excluding carboxylic acids is 2. The van der Waals surface area contributed by atoms with Crippen LogP contribution in [0.15, 0.2) is 54.6 Å². The Kier molecular flexibility index (Phi) is 7.62. The smallest absolute Gasteiger partial charge is 0.338 e. The van der Waals surface area contributed by atoms with Crippen molar-refractivity contribution in [3.05, 3.63) is 65.7 Å². The number of carbonyl (C=O) groups is 2. The number of amides is 1. The molecule has 0 aliphatic rings. The fourth-order valence-electron chi connectivity index (χ4n) is 2.32. The zero-order valence-electron chi connectivity index (χ0n) is 15.9. The third kappa shape index (κ3) is 6.98. The van der Waals surface area contributed by atoms with Gasteiger partial charge in [-0.05, 0) is 62.2 Å². The Morgan fingerprint density at radius 1 is 1.11 bits per heavy atom. The summed E-state index contributed by atoms with van der Waals surface area (Å²) >= 11 is 0. The molecule has 2 rings (SSSR count). The molecule has 0 saturated heterocycles. The quantitative estimate of drug-likeness (QED) is 0.543. The molecule has 5 nitrogen and oxygen atoms in total. The van der Waals surface area contributed by atoms with E-state index in [1.165, 1.54) is 6.08 Å². The van der Waals surface area contributed by atoms with Crippen molar-refractivity contribution in [1.29, 1.82) is 0 Å².